The van der Waals surface area contributed by atoms with Crippen molar-refractivity contribution in [3.05, 3.63) is 29.6 Å². The summed E-state index contributed by atoms with van der Waals surface area (Å²) in [6.07, 6.45) is -2.52. The number of pyridine rings is 1. The summed E-state index contributed by atoms with van der Waals surface area (Å²) in [7, 11) is 0. The van der Waals surface area contributed by atoms with Crippen LogP contribution < -0.4 is 0 Å². The van der Waals surface area contributed by atoms with E-state index in [1.165, 1.54) is 0 Å². The molecule has 15 heavy (non-hydrogen) atoms. The van der Waals surface area contributed by atoms with E-state index in [1.807, 2.05) is 0 Å². The second-order valence-electron chi connectivity index (χ2n) is 3.44. The van der Waals surface area contributed by atoms with Crippen molar-refractivity contribution in [1.29, 1.82) is 0 Å². The first-order chi connectivity index (χ1) is 6.84. The molecule has 1 aromatic rings. The molecule has 0 aromatic carbocycles. The molecule has 0 saturated heterocycles. The highest BCUT2D eigenvalue weighted by molar-refractivity contribution is 5.98. The molecule has 0 spiro atoms. The zero-order chi connectivity index (χ0) is 11.6. The predicted molar refractivity (Wildman–Crippen MR) is 48.4 cm³/mol. The first-order valence-electron chi connectivity index (χ1n) is 4.39. The number of carbonyl (C=O) groups excluding carboxylic acids is 1. The second kappa shape index (κ2) is 4.00. The van der Waals surface area contributed by atoms with Crippen molar-refractivity contribution in [3.63, 3.8) is 0 Å². The number of carbonyl (C=O) groups is 1. The van der Waals surface area contributed by atoms with Gasteiger partial charge in [0, 0.05) is 23.9 Å². The van der Waals surface area contributed by atoms with Gasteiger partial charge >= 0.3 is 6.18 Å². The third-order valence-corrected chi connectivity index (χ3v) is 1.92. The molecule has 5 heteroatoms. The molecule has 0 amide bonds. The Hall–Kier alpha value is -1.39. The Labute approximate surface area is 85.1 Å². The van der Waals surface area contributed by atoms with Crippen LogP contribution in [0.25, 0.3) is 0 Å². The number of nitrogens with zero attached hydrogens (tertiary/aromatic N) is 1. The minimum atomic E-state index is -4.51. The lowest BCUT2D eigenvalue weighted by Crippen LogP contribution is -2.16. The monoisotopic (exact) mass is 217 g/mol. The highest BCUT2D eigenvalue weighted by atomic mass is 19.4. The third kappa shape index (κ3) is 2.55. The summed E-state index contributed by atoms with van der Waals surface area (Å²) in [4.78, 5) is 15.0. The van der Waals surface area contributed by atoms with Crippen LogP contribution >= 0.6 is 0 Å². The van der Waals surface area contributed by atoms with Crippen LogP contribution in [0.2, 0.25) is 0 Å². The van der Waals surface area contributed by atoms with Gasteiger partial charge in [-0.3, -0.25) is 9.78 Å². The van der Waals surface area contributed by atoms with Gasteiger partial charge in [0.05, 0.1) is 5.56 Å². The molecule has 0 aliphatic rings. The fourth-order valence-electron chi connectivity index (χ4n) is 1.15. The topological polar surface area (TPSA) is 30.0 Å². The first kappa shape index (κ1) is 11.7. The number of ketones is 1. The molecule has 2 nitrogen and oxygen atoms in total. The van der Waals surface area contributed by atoms with Crippen LogP contribution in [-0.4, -0.2) is 10.8 Å². The molecule has 1 heterocycles. The van der Waals surface area contributed by atoms with Crippen molar-refractivity contribution in [3.8, 4) is 0 Å². The van der Waals surface area contributed by atoms with Crippen LogP contribution in [0.15, 0.2) is 18.5 Å². The van der Waals surface area contributed by atoms with Gasteiger partial charge in [-0.1, -0.05) is 13.8 Å². The van der Waals surface area contributed by atoms with E-state index in [9.17, 15) is 18.0 Å². The molecular weight excluding hydrogens is 207 g/mol. The lowest BCUT2D eigenvalue weighted by Gasteiger charge is -2.12. The van der Waals surface area contributed by atoms with E-state index in [1.54, 1.807) is 13.8 Å². The number of hydrogen-bond acceptors (Lipinski definition) is 2. The van der Waals surface area contributed by atoms with Gasteiger partial charge in [0.2, 0.25) is 0 Å². The number of aromatic nitrogens is 1. The molecule has 1 rings (SSSR count). The third-order valence-electron chi connectivity index (χ3n) is 1.92. The molecule has 0 atom stereocenters. The quantitative estimate of drug-likeness (QED) is 0.713. The number of halogens is 3. The zero-order valence-electron chi connectivity index (χ0n) is 8.30. The molecule has 0 fully saturated rings. The van der Waals surface area contributed by atoms with Crippen molar-refractivity contribution >= 4 is 5.78 Å². The standard InChI is InChI=1S/C10H10F3NO/c1-6(2)9(15)7-5-14-4-3-8(7)10(11,12)13/h3-6H,1-2H3. The van der Waals surface area contributed by atoms with Crippen molar-refractivity contribution in [1.82, 2.24) is 4.98 Å². The second-order valence-corrected chi connectivity index (χ2v) is 3.44. The molecule has 0 unspecified atom stereocenters. The van der Waals surface area contributed by atoms with Gasteiger partial charge in [-0.15, -0.1) is 0 Å². The summed E-state index contributed by atoms with van der Waals surface area (Å²) < 4.78 is 37.5. The Balaban J connectivity index is 3.25. The minimum Gasteiger partial charge on any atom is -0.294 e. The SMILES string of the molecule is CC(C)C(=O)c1cnccc1C(F)(F)F. The summed E-state index contributed by atoms with van der Waals surface area (Å²) in [5.41, 5.74) is -1.28. The molecule has 0 bridgehead atoms. The van der Waals surface area contributed by atoms with Crippen molar-refractivity contribution < 1.29 is 18.0 Å². The van der Waals surface area contributed by atoms with Crippen LogP contribution in [0.5, 0.6) is 0 Å². The number of alkyl halides is 3. The highest BCUT2D eigenvalue weighted by Gasteiger charge is 2.35. The number of rotatable bonds is 2. The van der Waals surface area contributed by atoms with E-state index < -0.39 is 23.4 Å². The Kier molecular flexibility index (Phi) is 3.12. The van der Waals surface area contributed by atoms with E-state index in [-0.39, 0.29) is 5.56 Å². The Morgan fingerprint density at radius 2 is 2.00 bits per heavy atom. The van der Waals surface area contributed by atoms with Crippen molar-refractivity contribution in [2.24, 2.45) is 5.92 Å². The molecule has 1 aromatic heterocycles. The maximum atomic E-state index is 12.5. The minimum absolute atomic E-state index is 0.361. The van der Waals surface area contributed by atoms with Gasteiger partial charge in [0.1, 0.15) is 0 Å². The van der Waals surface area contributed by atoms with Gasteiger partial charge in [-0.25, -0.2) is 0 Å². The summed E-state index contributed by atoms with van der Waals surface area (Å²) in [6.45, 7) is 3.10. The summed E-state index contributed by atoms with van der Waals surface area (Å²) >= 11 is 0. The Bertz CT molecular complexity index is 371. The number of Topliss-reactive ketones (excluding diaryl/α,β-unsaturated/α-hetero) is 1. The number of hydrogen-bond donors (Lipinski definition) is 0. The average molecular weight is 217 g/mol. The van der Waals surface area contributed by atoms with E-state index in [2.05, 4.69) is 4.98 Å². The molecule has 0 aliphatic heterocycles. The summed E-state index contributed by atoms with van der Waals surface area (Å²) in [5, 5.41) is 0. The maximum absolute atomic E-state index is 12.5. The molecule has 0 aliphatic carbocycles. The van der Waals surface area contributed by atoms with Crippen LogP contribution in [0.3, 0.4) is 0 Å². The van der Waals surface area contributed by atoms with E-state index in [4.69, 9.17) is 0 Å². The molecular formula is C10H10F3NO. The normalized spacial score (nSPS) is 11.9. The van der Waals surface area contributed by atoms with Gasteiger partial charge < -0.3 is 0 Å². The predicted octanol–water partition coefficient (Wildman–Crippen LogP) is 2.94. The van der Waals surface area contributed by atoms with Gasteiger partial charge in [0.15, 0.2) is 5.78 Å². The van der Waals surface area contributed by atoms with Gasteiger partial charge in [-0.05, 0) is 6.07 Å². The van der Waals surface area contributed by atoms with E-state index in [0.29, 0.717) is 0 Å². The summed E-state index contributed by atoms with van der Waals surface area (Å²) in [6, 6.07) is 0.815. The lowest BCUT2D eigenvalue weighted by atomic mass is 9.98. The molecule has 0 N–H and O–H groups in total. The van der Waals surface area contributed by atoms with Crippen molar-refractivity contribution in [2.45, 2.75) is 20.0 Å². The van der Waals surface area contributed by atoms with Gasteiger partial charge in [-0.2, -0.15) is 13.2 Å². The largest absolute Gasteiger partial charge is 0.417 e. The molecule has 0 radical (unpaired) electrons. The van der Waals surface area contributed by atoms with E-state index >= 15 is 0 Å². The lowest BCUT2D eigenvalue weighted by molar-refractivity contribution is -0.138. The van der Waals surface area contributed by atoms with Crippen LogP contribution in [0.1, 0.15) is 29.8 Å². The highest BCUT2D eigenvalue weighted by Crippen LogP contribution is 2.32. The average Bonchev–Trinajstić information content (AvgIpc) is 2.15. The Morgan fingerprint density at radius 1 is 1.40 bits per heavy atom. The van der Waals surface area contributed by atoms with Crippen LogP contribution in [-0.2, 0) is 6.18 Å². The zero-order valence-corrected chi connectivity index (χ0v) is 8.30. The van der Waals surface area contributed by atoms with Gasteiger partial charge in [0.25, 0.3) is 0 Å². The maximum Gasteiger partial charge on any atom is 0.417 e. The van der Waals surface area contributed by atoms with Crippen LogP contribution in [0.4, 0.5) is 13.2 Å². The van der Waals surface area contributed by atoms with E-state index in [0.717, 1.165) is 18.5 Å². The van der Waals surface area contributed by atoms with Crippen LogP contribution in [0, 0.1) is 5.92 Å². The molecule has 82 valence electrons. The summed E-state index contributed by atoms with van der Waals surface area (Å²) in [5.74, 6) is -1.02. The molecule has 0 saturated carbocycles. The fraction of sp³-hybridized carbons (Fsp3) is 0.400. The fourth-order valence-corrected chi connectivity index (χ4v) is 1.15. The first-order valence-corrected chi connectivity index (χ1v) is 4.39. The van der Waals surface area contributed by atoms with Crippen molar-refractivity contribution in [2.75, 3.05) is 0 Å². The smallest absolute Gasteiger partial charge is 0.294 e. The Morgan fingerprint density at radius 3 is 2.47 bits per heavy atom.